The summed E-state index contributed by atoms with van der Waals surface area (Å²) in [5.41, 5.74) is 2.68. The van der Waals surface area contributed by atoms with Crippen molar-refractivity contribution >= 4 is 28.5 Å². The summed E-state index contributed by atoms with van der Waals surface area (Å²) >= 11 is 0. The highest BCUT2D eigenvalue weighted by Gasteiger charge is 2.15. The molecule has 0 atom stereocenters. The van der Waals surface area contributed by atoms with Crippen LogP contribution in [0.5, 0.6) is 11.5 Å². The molecule has 0 aliphatic heterocycles. The number of benzene rings is 3. The van der Waals surface area contributed by atoms with Gasteiger partial charge in [-0.1, -0.05) is 12.1 Å². The molecule has 172 valence electrons. The van der Waals surface area contributed by atoms with Crippen LogP contribution in [0.25, 0.3) is 22.2 Å². The van der Waals surface area contributed by atoms with Gasteiger partial charge in [0, 0.05) is 22.7 Å². The summed E-state index contributed by atoms with van der Waals surface area (Å²) in [6.07, 6.45) is 0. The van der Waals surface area contributed by atoms with Crippen molar-refractivity contribution in [3.8, 4) is 22.8 Å². The Labute approximate surface area is 195 Å². The molecule has 0 fully saturated rings. The van der Waals surface area contributed by atoms with E-state index in [9.17, 15) is 14.0 Å². The molecule has 0 aliphatic rings. The molecule has 1 heterocycles. The molecule has 7 nitrogen and oxygen atoms in total. The fourth-order valence-electron chi connectivity index (χ4n) is 3.39. The van der Waals surface area contributed by atoms with Crippen molar-refractivity contribution in [2.75, 3.05) is 26.1 Å². The molecule has 0 aliphatic carbocycles. The number of nitrogens with one attached hydrogen (secondary N) is 1. The SMILES string of the molecule is COC(=O)COc1cc(-c2ccc(F)cc2)nc2ccc(NC(=O)c3ccccc3OC)cc12. The number of carbonyl (C=O) groups excluding carboxylic acids is 2. The third kappa shape index (κ3) is 4.96. The summed E-state index contributed by atoms with van der Waals surface area (Å²) in [4.78, 5) is 29.1. The average molecular weight is 460 g/mol. The number of fused-ring (bicyclic) bond motifs is 1. The second-order valence-corrected chi connectivity index (χ2v) is 7.26. The van der Waals surface area contributed by atoms with E-state index in [1.165, 1.54) is 26.4 Å². The molecule has 1 aromatic heterocycles. The van der Waals surface area contributed by atoms with Gasteiger partial charge in [-0.05, 0) is 54.6 Å². The second kappa shape index (κ2) is 9.99. The highest BCUT2D eigenvalue weighted by Crippen LogP contribution is 2.32. The number of nitrogens with zero attached hydrogens (tertiary/aromatic N) is 1. The summed E-state index contributed by atoms with van der Waals surface area (Å²) in [5.74, 6) is -0.433. The Balaban J connectivity index is 1.72. The van der Waals surface area contributed by atoms with Gasteiger partial charge in [0.25, 0.3) is 5.91 Å². The lowest BCUT2D eigenvalue weighted by Gasteiger charge is -2.13. The topological polar surface area (TPSA) is 86.8 Å². The van der Waals surface area contributed by atoms with E-state index in [2.05, 4.69) is 15.0 Å². The number of hydrogen-bond donors (Lipinski definition) is 1. The predicted molar refractivity (Wildman–Crippen MR) is 126 cm³/mol. The van der Waals surface area contributed by atoms with E-state index >= 15 is 0 Å². The molecule has 0 bridgehead atoms. The minimum Gasteiger partial charge on any atom is -0.496 e. The number of aromatic nitrogens is 1. The lowest BCUT2D eigenvalue weighted by atomic mass is 10.1. The van der Waals surface area contributed by atoms with Gasteiger partial charge in [0.05, 0.1) is 31.0 Å². The summed E-state index contributed by atoms with van der Waals surface area (Å²) in [6.45, 7) is -0.309. The highest BCUT2D eigenvalue weighted by molar-refractivity contribution is 6.07. The quantitative estimate of drug-likeness (QED) is 0.397. The lowest BCUT2D eigenvalue weighted by molar-refractivity contribution is -0.142. The standard InChI is InChI=1S/C26H21FN2O5/c1-32-23-6-4-3-5-19(23)26(31)28-18-11-12-21-20(13-18)24(34-15-25(30)33-2)14-22(29-21)16-7-9-17(27)10-8-16/h3-14H,15H2,1-2H3,(H,28,31). The minimum atomic E-state index is -0.547. The van der Waals surface area contributed by atoms with Crippen LogP contribution in [0.15, 0.2) is 72.8 Å². The summed E-state index contributed by atoms with van der Waals surface area (Å²) < 4.78 is 29.0. The van der Waals surface area contributed by atoms with E-state index in [0.29, 0.717) is 44.9 Å². The zero-order valence-corrected chi connectivity index (χ0v) is 18.5. The maximum absolute atomic E-state index is 13.4. The van der Waals surface area contributed by atoms with Crippen molar-refractivity contribution in [2.24, 2.45) is 0 Å². The number of halogens is 1. The molecule has 3 aromatic carbocycles. The molecule has 0 saturated heterocycles. The number of hydrogen-bond acceptors (Lipinski definition) is 6. The van der Waals surface area contributed by atoms with Gasteiger partial charge < -0.3 is 19.5 Å². The number of esters is 1. The fraction of sp³-hybridized carbons (Fsp3) is 0.115. The first-order valence-electron chi connectivity index (χ1n) is 10.3. The second-order valence-electron chi connectivity index (χ2n) is 7.26. The van der Waals surface area contributed by atoms with Crippen LogP contribution in [0, 0.1) is 5.82 Å². The zero-order chi connectivity index (χ0) is 24.1. The van der Waals surface area contributed by atoms with Crippen LogP contribution in [0.2, 0.25) is 0 Å². The Morgan fingerprint density at radius 2 is 1.71 bits per heavy atom. The maximum atomic E-state index is 13.4. The highest BCUT2D eigenvalue weighted by atomic mass is 19.1. The Hall–Kier alpha value is -4.46. The third-order valence-electron chi connectivity index (χ3n) is 5.09. The molecule has 1 amide bonds. The first kappa shape index (κ1) is 22.7. The Morgan fingerprint density at radius 1 is 0.941 bits per heavy atom. The molecule has 0 radical (unpaired) electrons. The average Bonchev–Trinajstić information content (AvgIpc) is 2.87. The number of carbonyl (C=O) groups is 2. The summed E-state index contributed by atoms with van der Waals surface area (Å²) in [6, 6.07) is 19.6. The van der Waals surface area contributed by atoms with Crippen LogP contribution < -0.4 is 14.8 Å². The number of pyridine rings is 1. The number of ether oxygens (including phenoxy) is 3. The van der Waals surface area contributed by atoms with Gasteiger partial charge in [0.2, 0.25) is 0 Å². The monoisotopic (exact) mass is 460 g/mol. The van der Waals surface area contributed by atoms with E-state index < -0.39 is 5.97 Å². The summed E-state index contributed by atoms with van der Waals surface area (Å²) in [5, 5.41) is 3.42. The van der Waals surface area contributed by atoms with Gasteiger partial charge in [-0.3, -0.25) is 4.79 Å². The first-order chi connectivity index (χ1) is 16.5. The van der Waals surface area contributed by atoms with E-state index in [-0.39, 0.29) is 18.3 Å². The molecular formula is C26H21FN2O5. The van der Waals surface area contributed by atoms with Crippen LogP contribution in [-0.2, 0) is 9.53 Å². The molecule has 0 saturated carbocycles. The maximum Gasteiger partial charge on any atom is 0.343 e. The van der Waals surface area contributed by atoms with E-state index in [4.69, 9.17) is 9.47 Å². The van der Waals surface area contributed by atoms with Crippen molar-refractivity contribution in [1.29, 1.82) is 0 Å². The van der Waals surface area contributed by atoms with Crippen LogP contribution in [0.3, 0.4) is 0 Å². The number of amides is 1. The van der Waals surface area contributed by atoms with E-state index in [1.807, 2.05) is 0 Å². The summed E-state index contributed by atoms with van der Waals surface area (Å²) in [7, 11) is 2.77. The van der Waals surface area contributed by atoms with Crippen molar-refractivity contribution in [3.05, 3.63) is 84.2 Å². The normalized spacial score (nSPS) is 10.6. The number of rotatable bonds is 7. The molecule has 0 unspecified atom stereocenters. The van der Waals surface area contributed by atoms with Gasteiger partial charge in [-0.2, -0.15) is 0 Å². The fourth-order valence-corrected chi connectivity index (χ4v) is 3.39. The van der Waals surface area contributed by atoms with E-state index in [1.54, 1.807) is 60.7 Å². The van der Waals surface area contributed by atoms with Crippen LogP contribution >= 0.6 is 0 Å². The Bertz CT molecular complexity index is 1360. The smallest absolute Gasteiger partial charge is 0.343 e. The predicted octanol–water partition coefficient (Wildman–Crippen LogP) is 4.85. The van der Waals surface area contributed by atoms with Gasteiger partial charge in [0.15, 0.2) is 6.61 Å². The zero-order valence-electron chi connectivity index (χ0n) is 18.5. The van der Waals surface area contributed by atoms with E-state index in [0.717, 1.165) is 0 Å². The van der Waals surface area contributed by atoms with Crippen molar-refractivity contribution in [3.63, 3.8) is 0 Å². The number of para-hydroxylation sites is 1. The van der Waals surface area contributed by atoms with Gasteiger partial charge in [0.1, 0.15) is 17.3 Å². The van der Waals surface area contributed by atoms with Crippen molar-refractivity contribution in [1.82, 2.24) is 4.98 Å². The van der Waals surface area contributed by atoms with Gasteiger partial charge in [-0.25, -0.2) is 14.2 Å². The van der Waals surface area contributed by atoms with Crippen LogP contribution in [-0.4, -0.2) is 37.7 Å². The molecule has 34 heavy (non-hydrogen) atoms. The van der Waals surface area contributed by atoms with Crippen molar-refractivity contribution < 1.29 is 28.2 Å². The van der Waals surface area contributed by atoms with Gasteiger partial charge in [-0.15, -0.1) is 0 Å². The van der Waals surface area contributed by atoms with Crippen LogP contribution in [0.4, 0.5) is 10.1 Å². The molecule has 4 aromatic rings. The molecule has 4 rings (SSSR count). The van der Waals surface area contributed by atoms with Crippen molar-refractivity contribution in [2.45, 2.75) is 0 Å². The Morgan fingerprint density at radius 3 is 2.44 bits per heavy atom. The number of anilines is 1. The molecular weight excluding hydrogens is 439 g/mol. The largest absolute Gasteiger partial charge is 0.496 e. The molecule has 0 spiro atoms. The number of methoxy groups -OCH3 is 2. The first-order valence-corrected chi connectivity index (χ1v) is 10.3. The third-order valence-corrected chi connectivity index (χ3v) is 5.09. The minimum absolute atomic E-state index is 0.309. The lowest BCUT2D eigenvalue weighted by Crippen LogP contribution is -2.14. The van der Waals surface area contributed by atoms with Crippen LogP contribution in [0.1, 0.15) is 10.4 Å². The molecule has 1 N–H and O–H groups in total. The molecule has 8 heteroatoms. The Kier molecular flexibility index (Phi) is 6.68. The van der Waals surface area contributed by atoms with Gasteiger partial charge >= 0.3 is 5.97 Å².